The molecule has 0 aliphatic carbocycles. The predicted octanol–water partition coefficient (Wildman–Crippen LogP) is 6.17. The molecule has 134 valence electrons. The lowest BCUT2D eigenvalue weighted by Crippen LogP contribution is -1.92. The van der Waals surface area contributed by atoms with E-state index in [2.05, 4.69) is 54.4 Å². The number of para-hydroxylation sites is 1. The first-order valence-corrected chi connectivity index (χ1v) is 9.30. The van der Waals surface area contributed by atoms with E-state index in [0.717, 1.165) is 44.0 Å². The Labute approximate surface area is 160 Å². The summed E-state index contributed by atoms with van der Waals surface area (Å²) in [6, 6.07) is 20.6. The molecule has 0 spiro atoms. The van der Waals surface area contributed by atoms with E-state index < -0.39 is 0 Å². The maximum atomic E-state index is 6.04. The number of aryl methyl sites for hydroxylation is 1. The van der Waals surface area contributed by atoms with Gasteiger partial charge in [0.2, 0.25) is 11.4 Å². The van der Waals surface area contributed by atoms with Crippen molar-refractivity contribution in [3.05, 3.63) is 83.7 Å². The maximum absolute atomic E-state index is 6.04. The second kappa shape index (κ2) is 5.67. The van der Waals surface area contributed by atoms with Crippen LogP contribution in [0.5, 0.6) is 0 Å². The van der Waals surface area contributed by atoms with Crippen LogP contribution < -0.4 is 0 Å². The van der Waals surface area contributed by atoms with E-state index in [1.54, 1.807) is 6.20 Å². The second-order valence-corrected chi connectivity index (χ2v) is 7.19. The first kappa shape index (κ1) is 15.4. The van der Waals surface area contributed by atoms with Crippen LogP contribution in [0, 0.1) is 6.92 Å². The van der Waals surface area contributed by atoms with Gasteiger partial charge < -0.3 is 8.83 Å². The van der Waals surface area contributed by atoms with Gasteiger partial charge >= 0.3 is 0 Å². The fourth-order valence-electron chi connectivity index (χ4n) is 3.93. The summed E-state index contributed by atoms with van der Waals surface area (Å²) in [6.07, 6.45) is 2.42. The largest absolute Gasteiger partial charge is 0.438 e. The molecule has 4 heterocycles. The highest BCUT2D eigenvalue weighted by Gasteiger charge is 2.13. The van der Waals surface area contributed by atoms with Crippen LogP contribution in [0.4, 0.5) is 0 Å². The molecule has 0 radical (unpaired) electrons. The summed E-state index contributed by atoms with van der Waals surface area (Å²) in [5.74, 6) is 0. The zero-order valence-corrected chi connectivity index (χ0v) is 15.3. The van der Waals surface area contributed by atoms with Crippen molar-refractivity contribution < 1.29 is 8.83 Å². The zero-order valence-electron chi connectivity index (χ0n) is 15.3. The number of hydrogen-bond acceptors (Lipinski definition) is 4. The summed E-state index contributed by atoms with van der Waals surface area (Å²) in [5.41, 5.74) is 6.34. The molecule has 0 amide bonds. The monoisotopic (exact) mass is 364 g/mol. The molecule has 0 bridgehead atoms. The fourth-order valence-corrected chi connectivity index (χ4v) is 3.93. The molecule has 6 aromatic rings. The van der Waals surface area contributed by atoms with Crippen LogP contribution in [0.15, 0.2) is 75.7 Å². The van der Waals surface area contributed by atoms with Crippen molar-refractivity contribution in [1.82, 2.24) is 9.97 Å². The van der Waals surface area contributed by atoms with Crippen molar-refractivity contribution in [2.75, 3.05) is 0 Å². The van der Waals surface area contributed by atoms with Gasteiger partial charge in [0, 0.05) is 45.4 Å². The van der Waals surface area contributed by atoms with E-state index in [4.69, 9.17) is 13.8 Å². The van der Waals surface area contributed by atoms with Gasteiger partial charge in [-0.3, -0.25) is 0 Å². The van der Waals surface area contributed by atoms with Gasteiger partial charge in [0.25, 0.3) is 0 Å². The van der Waals surface area contributed by atoms with Crippen LogP contribution in [0.25, 0.3) is 44.1 Å². The number of benzene rings is 2. The maximum Gasteiger partial charge on any atom is 0.227 e. The first-order valence-electron chi connectivity index (χ1n) is 9.30. The summed E-state index contributed by atoms with van der Waals surface area (Å²) in [7, 11) is 0. The molecule has 0 aliphatic heterocycles. The molecule has 4 aromatic heterocycles. The summed E-state index contributed by atoms with van der Waals surface area (Å²) in [5, 5.41) is 4.28. The highest BCUT2D eigenvalue weighted by molar-refractivity contribution is 6.05. The average molecular weight is 364 g/mol. The average Bonchev–Trinajstić information content (AvgIpc) is 3.26. The molecule has 4 heteroatoms. The van der Waals surface area contributed by atoms with Crippen LogP contribution in [-0.2, 0) is 6.42 Å². The van der Waals surface area contributed by atoms with Crippen molar-refractivity contribution in [2.45, 2.75) is 13.3 Å². The smallest absolute Gasteiger partial charge is 0.227 e. The standard InChI is InChI=1S/C24H16N2O2/c1-14-7-10-21-20(12-14)19-9-8-16(26-24(19)27-21)13-15-4-2-5-17-18-6-3-11-25-23(18)28-22(15)17/h2-12H,13H2,1H3. The van der Waals surface area contributed by atoms with Crippen LogP contribution in [0.2, 0.25) is 0 Å². The summed E-state index contributed by atoms with van der Waals surface area (Å²) >= 11 is 0. The van der Waals surface area contributed by atoms with Gasteiger partial charge in [-0.15, -0.1) is 0 Å². The van der Waals surface area contributed by atoms with Crippen molar-refractivity contribution >= 4 is 44.1 Å². The van der Waals surface area contributed by atoms with Crippen LogP contribution in [0.3, 0.4) is 0 Å². The Bertz CT molecular complexity index is 1510. The Hall–Kier alpha value is -3.66. The molecule has 0 saturated carbocycles. The number of rotatable bonds is 2. The number of pyridine rings is 2. The number of hydrogen-bond donors (Lipinski definition) is 0. The van der Waals surface area contributed by atoms with E-state index in [0.29, 0.717) is 17.8 Å². The predicted molar refractivity (Wildman–Crippen MR) is 111 cm³/mol. The summed E-state index contributed by atoms with van der Waals surface area (Å²) in [4.78, 5) is 9.12. The number of furan rings is 2. The molecule has 0 unspecified atom stereocenters. The summed E-state index contributed by atoms with van der Waals surface area (Å²) < 4.78 is 12.0. The lowest BCUT2D eigenvalue weighted by Gasteiger charge is -2.02. The minimum atomic E-state index is 0.668. The molecule has 2 aromatic carbocycles. The molecular weight excluding hydrogens is 348 g/mol. The minimum Gasteiger partial charge on any atom is -0.438 e. The highest BCUT2D eigenvalue weighted by Crippen LogP contribution is 2.32. The van der Waals surface area contributed by atoms with Gasteiger partial charge in [0.15, 0.2) is 0 Å². The molecular formula is C24H16N2O2. The van der Waals surface area contributed by atoms with Crippen molar-refractivity contribution in [1.29, 1.82) is 0 Å². The lowest BCUT2D eigenvalue weighted by atomic mass is 10.0. The van der Waals surface area contributed by atoms with Gasteiger partial charge in [-0.05, 0) is 43.3 Å². The normalized spacial score (nSPS) is 11.9. The van der Waals surface area contributed by atoms with Crippen molar-refractivity contribution in [3.8, 4) is 0 Å². The third kappa shape index (κ3) is 2.24. The van der Waals surface area contributed by atoms with E-state index >= 15 is 0 Å². The molecule has 0 fully saturated rings. The minimum absolute atomic E-state index is 0.668. The molecule has 0 aliphatic rings. The summed E-state index contributed by atoms with van der Waals surface area (Å²) in [6.45, 7) is 2.09. The SMILES string of the molecule is Cc1ccc2oc3nc(Cc4cccc5c4oc4ncccc45)ccc3c2c1. The lowest BCUT2D eigenvalue weighted by molar-refractivity contribution is 0.646. The first-order chi connectivity index (χ1) is 13.8. The van der Waals surface area contributed by atoms with E-state index in [1.807, 2.05) is 18.2 Å². The quantitative estimate of drug-likeness (QED) is 0.368. The van der Waals surface area contributed by atoms with E-state index in [9.17, 15) is 0 Å². The molecule has 0 atom stereocenters. The van der Waals surface area contributed by atoms with Crippen molar-refractivity contribution in [3.63, 3.8) is 0 Å². The molecule has 4 nitrogen and oxygen atoms in total. The van der Waals surface area contributed by atoms with Gasteiger partial charge in [0.1, 0.15) is 11.2 Å². The third-order valence-corrected chi connectivity index (χ3v) is 5.28. The highest BCUT2D eigenvalue weighted by atomic mass is 16.3. The van der Waals surface area contributed by atoms with Gasteiger partial charge in [0.05, 0.1) is 0 Å². The van der Waals surface area contributed by atoms with Crippen molar-refractivity contribution in [2.24, 2.45) is 0 Å². The Morgan fingerprint density at radius 3 is 2.64 bits per heavy atom. The van der Waals surface area contributed by atoms with Gasteiger partial charge in [-0.1, -0.05) is 29.8 Å². The fraction of sp³-hybridized carbons (Fsp3) is 0.0833. The molecule has 0 saturated heterocycles. The molecule has 0 N–H and O–H groups in total. The zero-order chi connectivity index (χ0) is 18.7. The van der Waals surface area contributed by atoms with Crippen LogP contribution in [-0.4, -0.2) is 9.97 Å². The van der Waals surface area contributed by atoms with Crippen LogP contribution in [0.1, 0.15) is 16.8 Å². The number of aromatic nitrogens is 2. The van der Waals surface area contributed by atoms with Crippen LogP contribution >= 0.6 is 0 Å². The Balaban J connectivity index is 1.48. The van der Waals surface area contributed by atoms with Gasteiger partial charge in [-0.2, -0.15) is 0 Å². The Kier molecular flexibility index (Phi) is 3.12. The van der Waals surface area contributed by atoms with Gasteiger partial charge in [-0.25, -0.2) is 9.97 Å². The molecule has 28 heavy (non-hydrogen) atoms. The topological polar surface area (TPSA) is 52.1 Å². The Morgan fingerprint density at radius 1 is 0.786 bits per heavy atom. The van der Waals surface area contributed by atoms with E-state index in [1.165, 1.54) is 5.56 Å². The Morgan fingerprint density at radius 2 is 1.68 bits per heavy atom. The number of nitrogens with zero attached hydrogens (tertiary/aromatic N) is 2. The number of fused-ring (bicyclic) bond motifs is 6. The third-order valence-electron chi connectivity index (χ3n) is 5.28. The van der Waals surface area contributed by atoms with E-state index in [-0.39, 0.29) is 0 Å². The molecule has 6 rings (SSSR count). The second-order valence-electron chi connectivity index (χ2n) is 7.19.